The van der Waals surface area contributed by atoms with Crippen molar-refractivity contribution in [3.05, 3.63) is 34.1 Å². The molecule has 0 bridgehead atoms. The van der Waals surface area contributed by atoms with Crippen LogP contribution in [0.25, 0.3) is 0 Å². The lowest BCUT2D eigenvalue weighted by Crippen LogP contribution is -2.42. The predicted molar refractivity (Wildman–Crippen MR) is 95.8 cm³/mol. The summed E-state index contributed by atoms with van der Waals surface area (Å²) < 4.78 is 6.60. The number of allylic oxidation sites excluding steroid dienone is 1. The standard InChI is InChI=1S/C17H24BrN3O3/c1-3-12(2)7-16(22)20-10-14-11-21(5-4-6-24-14)17(23)15-8-13(18)9-19-15/h7-9,14,19H,3-6,10-11H2,1-2H3,(H,20,22)/b12-7+. The number of hydrogen-bond donors (Lipinski definition) is 2. The molecule has 2 rings (SSSR count). The third-order valence-electron chi connectivity index (χ3n) is 3.95. The second-order valence-corrected chi connectivity index (χ2v) is 6.83. The van der Waals surface area contributed by atoms with Gasteiger partial charge in [0.2, 0.25) is 5.91 Å². The van der Waals surface area contributed by atoms with E-state index in [1.807, 2.05) is 13.8 Å². The molecular formula is C17H24BrN3O3. The van der Waals surface area contributed by atoms with Crippen molar-refractivity contribution in [2.45, 2.75) is 32.8 Å². The van der Waals surface area contributed by atoms with Crippen LogP contribution in [0.15, 0.2) is 28.4 Å². The van der Waals surface area contributed by atoms with Gasteiger partial charge in [-0.3, -0.25) is 9.59 Å². The summed E-state index contributed by atoms with van der Waals surface area (Å²) in [5.41, 5.74) is 1.58. The number of rotatable bonds is 5. The maximum atomic E-state index is 12.6. The Hall–Kier alpha value is -1.60. The van der Waals surface area contributed by atoms with Gasteiger partial charge < -0.3 is 19.9 Å². The van der Waals surface area contributed by atoms with E-state index >= 15 is 0 Å². The van der Waals surface area contributed by atoms with Crippen molar-refractivity contribution in [2.24, 2.45) is 0 Å². The molecule has 1 unspecified atom stereocenters. The summed E-state index contributed by atoms with van der Waals surface area (Å²) in [5, 5.41) is 2.86. The van der Waals surface area contributed by atoms with Crippen LogP contribution in [0.3, 0.4) is 0 Å². The Bertz CT molecular complexity index is 612. The molecule has 0 aromatic carbocycles. The first-order valence-corrected chi connectivity index (χ1v) is 8.98. The number of hydrogen-bond acceptors (Lipinski definition) is 3. The van der Waals surface area contributed by atoms with Crippen molar-refractivity contribution >= 4 is 27.7 Å². The molecule has 1 aromatic rings. The van der Waals surface area contributed by atoms with Crippen molar-refractivity contribution in [2.75, 3.05) is 26.2 Å². The summed E-state index contributed by atoms with van der Waals surface area (Å²) in [6.07, 6.45) is 4.78. The van der Waals surface area contributed by atoms with E-state index in [2.05, 4.69) is 26.2 Å². The second-order valence-electron chi connectivity index (χ2n) is 5.92. The highest BCUT2D eigenvalue weighted by Crippen LogP contribution is 2.14. The molecule has 0 spiro atoms. The lowest BCUT2D eigenvalue weighted by atomic mass is 10.2. The van der Waals surface area contributed by atoms with Gasteiger partial charge in [-0.15, -0.1) is 0 Å². The first-order valence-electron chi connectivity index (χ1n) is 8.19. The highest BCUT2D eigenvalue weighted by Gasteiger charge is 2.24. The van der Waals surface area contributed by atoms with Crippen molar-refractivity contribution in [1.82, 2.24) is 15.2 Å². The molecule has 7 heteroatoms. The quantitative estimate of drug-likeness (QED) is 0.749. The Morgan fingerprint density at radius 1 is 1.54 bits per heavy atom. The van der Waals surface area contributed by atoms with Crippen molar-refractivity contribution in [3.63, 3.8) is 0 Å². The molecular weight excluding hydrogens is 374 g/mol. The molecule has 1 aliphatic heterocycles. The Labute approximate surface area is 150 Å². The van der Waals surface area contributed by atoms with Gasteiger partial charge in [0, 0.05) is 43.0 Å². The van der Waals surface area contributed by atoms with Gasteiger partial charge in [0.1, 0.15) is 5.69 Å². The molecule has 2 amide bonds. The molecule has 24 heavy (non-hydrogen) atoms. The molecule has 6 nitrogen and oxygen atoms in total. The minimum absolute atomic E-state index is 0.0516. The summed E-state index contributed by atoms with van der Waals surface area (Å²) in [6.45, 7) is 6.03. The molecule has 1 fully saturated rings. The van der Waals surface area contributed by atoms with E-state index in [4.69, 9.17) is 4.74 Å². The van der Waals surface area contributed by atoms with Gasteiger partial charge in [0.05, 0.1) is 6.10 Å². The highest BCUT2D eigenvalue weighted by atomic mass is 79.9. The van der Waals surface area contributed by atoms with E-state index in [1.54, 1.807) is 23.2 Å². The first-order chi connectivity index (χ1) is 11.5. The van der Waals surface area contributed by atoms with E-state index in [0.717, 1.165) is 22.9 Å². The van der Waals surface area contributed by atoms with Crippen LogP contribution in [0.4, 0.5) is 0 Å². The molecule has 0 aliphatic carbocycles. The number of ether oxygens (including phenoxy) is 1. The van der Waals surface area contributed by atoms with Gasteiger partial charge in [0.25, 0.3) is 5.91 Å². The number of halogens is 1. The smallest absolute Gasteiger partial charge is 0.270 e. The van der Waals surface area contributed by atoms with Crippen molar-refractivity contribution in [1.29, 1.82) is 0 Å². The summed E-state index contributed by atoms with van der Waals surface area (Å²) in [5.74, 6) is -0.169. The largest absolute Gasteiger partial charge is 0.374 e. The van der Waals surface area contributed by atoms with Crippen LogP contribution in [0, 0.1) is 0 Å². The zero-order valence-electron chi connectivity index (χ0n) is 14.1. The van der Waals surface area contributed by atoms with Crippen LogP contribution in [-0.2, 0) is 9.53 Å². The minimum Gasteiger partial charge on any atom is -0.374 e. The summed E-state index contributed by atoms with van der Waals surface area (Å²) in [7, 11) is 0. The van der Waals surface area contributed by atoms with Crippen LogP contribution < -0.4 is 5.32 Å². The number of H-pyrrole nitrogens is 1. The number of carbonyl (C=O) groups is 2. The van der Waals surface area contributed by atoms with E-state index < -0.39 is 0 Å². The number of aromatic amines is 1. The van der Waals surface area contributed by atoms with E-state index in [0.29, 0.717) is 31.9 Å². The molecule has 0 saturated carbocycles. The molecule has 1 aromatic heterocycles. The molecule has 132 valence electrons. The zero-order chi connectivity index (χ0) is 17.5. The summed E-state index contributed by atoms with van der Waals surface area (Å²) in [4.78, 5) is 29.1. The Balaban J connectivity index is 1.92. The third-order valence-corrected chi connectivity index (χ3v) is 4.41. The van der Waals surface area contributed by atoms with Crippen LogP contribution in [0.1, 0.15) is 37.2 Å². The van der Waals surface area contributed by atoms with Crippen LogP contribution >= 0.6 is 15.9 Å². The average molecular weight is 398 g/mol. The van der Waals surface area contributed by atoms with Gasteiger partial charge in [-0.1, -0.05) is 12.5 Å². The predicted octanol–water partition coefficient (Wildman–Crippen LogP) is 2.48. The van der Waals surface area contributed by atoms with Crippen LogP contribution in [0.2, 0.25) is 0 Å². The summed E-state index contributed by atoms with van der Waals surface area (Å²) in [6, 6.07) is 1.77. The van der Waals surface area contributed by atoms with Gasteiger partial charge in [0.15, 0.2) is 0 Å². The first kappa shape index (κ1) is 18.7. The molecule has 1 aliphatic rings. The number of nitrogens with one attached hydrogen (secondary N) is 2. The van der Waals surface area contributed by atoms with Gasteiger partial charge in [-0.25, -0.2) is 0 Å². The number of carbonyl (C=O) groups excluding carboxylic acids is 2. The second kappa shape index (κ2) is 9.03. The lowest BCUT2D eigenvalue weighted by Gasteiger charge is -2.23. The van der Waals surface area contributed by atoms with Gasteiger partial charge >= 0.3 is 0 Å². The van der Waals surface area contributed by atoms with Crippen LogP contribution in [-0.4, -0.2) is 54.0 Å². The van der Waals surface area contributed by atoms with Gasteiger partial charge in [-0.05, 0) is 41.8 Å². The lowest BCUT2D eigenvalue weighted by molar-refractivity contribution is -0.117. The maximum absolute atomic E-state index is 12.6. The molecule has 1 saturated heterocycles. The number of aromatic nitrogens is 1. The van der Waals surface area contributed by atoms with Gasteiger partial charge in [-0.2, -0.15) is 0 Å². The van der Waals surface area contributed by atoms with Crippen LogP contribution in [0.5, 0.6) is 0 Å². The topological polar surface area (TPSA) is 74.4 Å². The monoisotopic (exact) mass is 397 g/mol. The SMILES string of the molecule is CC/C(C)=C/C(=O)NCC1CN(C(=O)c2cc(Br)c[nH]2)CCCO1. The fourth-order valence-electron chi connectivity index (χ4n) is 2.46. The van der Waals surface area contributed by atoms with E-state index in [9.17, 15) is 9.59 Å². The Morgan fingerprint density at radius 3 is 3.00 bits per heavy atom. The fourth-order valence-corrected chi connectivity index (χ4v) is 2.80. The van der Waals surface area contributed by atoms with E-state index in [1.165, 1.54) is 0 Å². The van der Waals surface area contributed by atoms with Crippen molar-refractivity contribution in [3.8, 4) is 0 Å². The number of amides is 2. The summed E-state index contributed by atoms with van der Waals surface area (Å²) >= 11 is 3.34. The number of nitrogens with zero attached hydrogens (tertiary/aromatic N) is 1. The molecule has 2 N–H and O–H groups in total. The van der Waals surface area contributed by atoms with Crippen molar-refractivity contribution < 1.29 is 14.3 Å². The molecule has 1 atom stereocenters. The normalized spacial score (nSPS) is 19.0. The van der Waals surface area contributed by atoms with E-state index in [-0.39, 0.29) is 17.9 Å². The third kappa shape index (κ3) is 5.49. The highest BCUT2D eigenvalue weighted by molar-refractivity contribution is 9.10. The Kier molecular flexibility index (Phi) is 7.05. The molecule has 2 heterocycles. The minimum atomic E-state index is -0.200. The average Bonchev–Trinajstić information content (AvgIpc) is 2.86. The molecule has 0 radical (unpaired) electrons. The zero-order valence-corrected chi connectivity index (χ0v) is 15.7. The Morgan fingerprint density at radius 2 is 2.33 bits per heavy atom. The maximum Gasteiger partial charge on any atom is 0.270 e. The fraction of sp³-hybridized carbons (Fsp3) is 0.529.